The Balaban J connectivity index is 1.51. The topological polar surface area (TPSA) is 90.0 Å². The van der Waals surface area contributed by atoms with E-state index in [4.69, 9.17) is 21.1 Å². The summed E-state index contributed by atoms with van der Waals surface area (Å²) in [6.07, 6.45) is -0.568. The number of nitrogens with zero attached hydrogens (tertiary/aromatic N) is 1. The van der Waals surface area contributed by atoms with Gasteiger partial charge in [0.15, 0.2) is 5.78 Å². The minimum absolute atomic E-state index is 0.00111. The lowest BCUT2D eigenvalue weighted by molar-refractivity contribution is -0.0440. The van der Waals surface area contributed by atoms with Crippen LogP contribution in [0.5, 0.6) is 5.75 Å². The average Bonchev–Trinajstić information content (AvgIpc) is 2.84. The molecule has 0 bridgehead atoms. The fourth-order valence-corrected chi connectivity index (χ4v) is 5.99. The Kier molecular flexibility index (Phi) is 7.56. The summed E-state index contributed by atoms with van der Waals surface area (Å²) in [5.74, 6) is -1.39. The third-order valence-corrected chi connectivity index (χ3v) is 7.92. The van der Waals surface area contributed by atoms with Crippen molar-refractivity contribution < 1.29 is 31.9 Å². The molecule has 2 unspecified atom stereocenters. The second-order valence-corrected chi connectivity index (χ2v) is 10.8. The molecule has 0 amide bonds. The molecule has 4 rings (SSSR count). The van der Waals surface area contributed by atoms with E-state index in [9.17, 15) is 22.4 Å². The van der Waals surface area contributed by atoms with Gasteiger partial charge in [-0.25, -0.2) is 17.6 Å². The zero-order valence-electron chi connectivity index (χ0n) is 19.5. The molecule has 0 radical (unpaired) electrons. The lowest BCUT2D eigenvalue weighted by atomic mass is 10.0. The quantitative estimate of drug-likeness (QED) is 0.259. The number of esters is 1. The number of hydrogen-bond donors (Lipinski definition) is 0. The molecular formula is C26H23ClFNO6S. The van der Waals surface area contributed by atoms with E-state index in [1.54, 1.807) is 13.8 Å². The van der Waals surface area contributed by atoms with Gasteiger partial charge in [0.1, 0.15) is 16.5 Å². The van der Waals surface area contributed by atoms with Crippen LogP contribution in [0.1, 0.15) is 40.1 Å². The standard InChI is InChI=1S/C26H23ClFNO6S/c1-16-14-29(15-17(2)34-16)36(32,33)24-13-20(7-12-23(24)27)26(31)35-22-10-5-19(6-11-22)25(30)18-3-8-21(28)9-4-18/h3-13,16-17H,14-15H2,1-2H3. The van der Waals surface area contributed by atoms with Crippen LogP contribution in [0.4, 0.5) is 4.39 Å². The van der Waals surface area contributed by atoms with E-state index in [0.29, 0.717) is 11.1 Å². The first-order valence-electron chi connectivity index (χ1n) is 11.1. The zero-order valence-corrected chi connectivity index (χ0v) is 21.1. The molecule has 10 heteroatoms. The second kappa shape index (κ2) is 10.5. The highest BCUT2D eigenvalue weighted by Gasteiger charge is 2.34. The van der Waals surface area contributed by atoms with Crippen LogP contribution >= 0.6 is 11.6 Å². The maximum absolute atomic E-state index is 13.3. The van der Waals surface area contributed by atoms with Crippen molar-refractivity contribution in [2.45, 2.75) is 31.0 Å². The lowest BCUT2D eigenvalue weighted by Gasteiger charge is -2.34. The summed E-state index contributed by atoms with van der Waals surface area (Å²) in [4.78, 5) is 25.1. The van der Waals surface area contributed by atoms with Crippen molar-refractivity contribution in [2.75, 3.05) is 13.1 Å². The number of ketones is 1. The number of sulfonamides is 1. The molecule has 188 valence electrons. The molecule has 3 aromatic carbocycles. The Labute approximate surface area is 213 Å². The lowest BCUT2D eigenvalue weighted by Crippen LogP contribution is -2.48. The van der Waals surface area contributed by atoms with Crippen LogP contribution in [-0.4, -0.2) is 49.8 Å². The Morgan fingerprint density at radius 1 is 0.917 bits per heavy atom. The van der Waals surface area contributed by atoms with Crippen molar-refractivity contribution in [1.82, 2.24) is 4.31 Å². The number of rotatable bonds is 6. The first-order valence-corrected chi connectivity index (χ1v) is 12.9. The van der Waals surface area contributed by atoms with Gasteiger partial charge < -0.3 is 9.47 Å². The van der Waals surface area contributed by atoms with Gasteiger partial charge in [0.2, 0.25) is 10.0 Å². The SMILES string of the molecule is CC1CN(S(=O)(=O)c2cc(C(=O)Oc3ccc(C(=O)c4ccc(F)cc4)cc3)ccc2Cl)CC(C)O1. The summed E-state index contributed by atoms with van der Waals surface area (Å²) >= 11 is 6.20. The molecular weight excluding hydrogens is 509 g/mol. The molecule has 1 aliphatic rings. The summed E-state index contributed by atoms with van der Waals surface area (Å²) in [5.41, 5.74) is 0.647. The van der Waals surface area contributed by atoms with E-state index in [2.05, 4.69) is 0 Å². The average molecular weight is 532 g/mol. The summed E-state index contributed by atoms with van der Waals surface area (Å²) in [5, 5.41) is -0.0120. The molecule has 1 saturated heterocycles. The third-order valence-electron chi connectivity index (χ3n) is 5.60. The minimum Gasteiger partial charge on any atom is -0.423 e. The molecule has 36 heavy (non-hydrogen) atoms. The van der Waals surface area contributed by atoms with Crippen molar-refractivity contribution in [3.8, 4) is 5.75 Å². The van der Waals surface area contributed by atoms with E-state index >= 15 is 0 Å². The van der Waals surface area contributed by atoms with Gasteiger partial charge in [-0.2, -0.15) is 4.31 Å². The molecule has 1 aliphatic heterocycles. The number of morpholine rings is 1. The smallest absolute Gasteiger partial charge is 0.343 e. The predicted molar refractivity (Wildman–Crippen MR) is 131 cm³/mol. The third kappa shape index (κ3) is 5.65. The summed E-state index contributed by atoms with van der Waals surface area (Å²) in [7, 11) is -3.98. The van der Waals surface area contributed by atoms with Crippen LogP contribution < -0.4 is 4.74 Å². The summed E-state index contributed by atoms with van der Waals surface area (Å²) in [6.45, 7) is 3.90. The molecule has 0 aliphatic carbocycles. The Morgan fingerprint density at radius 3 is 2.03 bits per heavy atom. The van der Waals surface area contributed by atoms with Gasteiger partial charge in [-0.1, -0.05) is 11.6 Å². The van der Waals surface area contributed by atoms with Crippen LogP contribution in [0.3, 0.4) is 0 Å². The number of carbonyl (C=O) groups is 2. The van der Waals surface area contributed by atoms with Gasteiger partial charge in [0.25, 0.3) is 0 Å². The van der Waals surface area contributed by atoms with Crippen molar-refractivity contribution >= 4 is 33.4 Å². The van der Waals surface area contributed by atoms with E-state index < -0.39 is 21.8 Å². The number of carbonyl (C=O) groups excluding carboxylic acids is 2. The highest BCUT2D eigenvalue weighted by Crippen LogP contribution is 2.28. The van der Waals surface area contributed by atoms with Crippen molar-refractivity contribution in [2.24, 2.45) is 0 Å². The molecule has 2 atom stereocenters. The van der Waals surface area contributed by atoms with Gasteiger partial charge in [0, 0.05) is 24.2 Å². The highest BCUT2D eigenvalue weighted by atomic mass is 35.5. The molecule has 0 spiro atoms. The predicted octanol–water partition coefficient (Wildman–Crippen LogP) is 4.73. The van der Waals surface area contributed by atoms with Gasteiger partial charge in [-0.05, 0) is 80.6 Å². The molecule has 0 aromatic heterocycles. The first-order chi connectivity index (χ1) is 17.0. The van der Waals surface area contributed by atoms with Gasteiger partial charge >= 0.3 is 5.97 Å². The van der Waals surface area contributed by atoms with Gasteiger partial charge in [-0.3, -0.25) is 4.79 Å². The van der Waals surface area contributed by atoms with Crippen LogP contribution in [-0.2, 0) is 14.8 Å². The fourth-order valence-electron chi connectivity index (χ4n) is 3.90. The van der Waals surface area contributed by atoms with Crippen molar-refractivity contribution in [1.29, 1.82) is 0 Å². The summed E-state index contributed by atoms with van der Waals surface area (Å²) in [6, 6.07) is 14.9. The molecule has 3 aromatic rings. The molecule has 1 heterocycles. The Hall–Kier alpha value is -3.11. The minimum atomic E-state index is -3.98. The molecule has 0 saturated carbocycles. The number of hydrogen-bond acceptors (Lipinski definition) is 6. The number of ether oxygens (including phenoxy) is 2. The molecule has 1 fully saturated rings. The second-order valence-electron chi connectivity index (χ2n) is 8.47. The van der Waals surface area contributed by atoms with E-state index in [1.807, 2.05) is 0 Å². The maximum Gasteiger partial charge on any atom is 0.343 e. The fraction of sp³-hybridized carbons (Fsp3) is 0.231. The highest BCUT2D eigenvalue weighted by molar-refractivity contribution is 7.89. The van der Waals surface area contributed by atoms with E-state index in [1.165, 1.54) is 71.0 Å². The van der Waals surface area contributed by atoms with Crippen LogP contribution in [0, 0.1) is 5.82 Å². The van der Waals surface area contributed by atoms with E-state index in [-0.39, 0.29) is 52.3 Å². The van der Waals surface area contributed by atoms with Crippen LogP contribution in [0.15, 0.2) is 71.6 Å². The normalized spacial score (nSPS) is 18.6. The largest absolute Gasteiger partial charge is 0.423 e. The zero-order chi connectivity index (χ0) is 26.0. The Bertz CT molecular complexity index is 1380. The van der Waals surface area contributed by atoms with E-state index in [0.717, 1.165) is 0 Å². The Morgan fingerprint density at radius 2 is 1.44 bits per heavy atom. The molecule has 7 nitrogen and oxygen atoms in total. The van der Waals surface area contributed by atoms with Gasteiger partial charge in [0.05, 0.1) is 22.8 Å². The monoisotopic (exact) mass is 531 g/mol. The maximum atomic E-state index is 13.3. The van der Waals surface area contributed by atoms with Crippen LogP contribution in [0.2, 0.25) is 5.02 Å². The van der Waals surface area contributed by atoms with Crippen molar-refractivity contribution in [3.05, 3.63) is 94.3 Å². The van der Waals surface area contributed by atoms with Gasteiger partial charge in [-0.15, -0.1) is 0 Å². The van der Waals surface area contributed by atoms with Crippen molar-refractivity contribution in [3.63, 3.8) is 0 Å². The van der Waals surface area contributed by atoms with Crippen LogP contribution in [0.25, 0.3) is 0 Å². The first kappa shape index (κ1) is 26.0. The molecule has 0 N–H and O–H groups in total. The number of benzene rings is 3. The summed E-state index contributed by atoms with van der Waals surface area (Å²) < 4.78 is 51.9. The number of halogens is 2.